The molecule has 0 bridgehead atoms. The van der Waals surface area contributed by atoms with Crippen LogP contribution in [-0.2, 0) is 11.2 Å². The summed E-state index contributed by atoms with van der Waals surface area (Å²) in [6.07, 6.45) is 8.34. The van der Waals surface area contributed by atoms with Crippen molar-refractivity contribution in [1.29, 1.82) is 0 Å². The van der Waals surface area contributed by atoms with E-state index in [1.54, 1.807) is 0 Å². The molecule has 1 saturated carbocycles. The second kappa shape index (κ2) is 4.82. The summed E-state index contributed by atoms with van der Waals surface area (Å²) in [5, 5.41) is 15.8. The number of aromatic nitrogens is 2. The number of ether oxygens (including phenoxy) is 1. The predicted octanol–water partition coefficient (Wildman–Crippen LogP) is 3.25. The summed E-state index contributed by atoms with van der Waals surface area (Å²) in [5.41, 5.74) is -0.718. The van der Waals surface area contributed by atoms with Gasteiger partial charge in [-0.15, -0.1) is 0 Å². The number of nitrogens with zero attached hydrogens (tertiary/aromatic N) is 2. The van der Waals surface area contributed by atoms with Crippen LogP contribution >= 0.6 is 0 Å². The van der Waals surface area contributed by atoms with Crippen molar-refractivity contribution in [3.05, 3.63) is 18.0 Å². The molecular weight excluding hydrogens is 264 g/mol. The maximum Gasteiger partial charge on any atom is 0.101 e. The SMILES string of the molecule is CC1(C)CC(O)(Cc2ccn(C3CCCC3)n2)C(C)(C)O1. The molecule has 2 aliphatic rings. The number of rotatable bonds is 3. The fraction of sp³-hybridized carbons (Fsp3) is 0.824. The normalized spacial score (nSPS) is 31.9. The molecule has 0 spiro atoms. The molecule has 21 heavy (non-hydrogen) atoms. The van der Waals surface area contributed by atoms with Crippen molar-refractivity contribution >= 4 is 0 Å². The Bertz CT molecular complexity index is 515. The summed E-state index contributed by atoms with van der Waals surface area (Å²) in [5.74, 6) is 0. The third kappa shape index (κ3) is 2.76. The molecule has 4 nitrogen and oxygen atoms in total. The Morgan fingerprint density at radius 1 is 1.29 bits per heavy atom. The van der Waals surface area contributed by atoms with E-state index in [9.17, 15) is 5.11 Å². The quantitative estimate of drug-likeness (QED) is 0.930. The molecule has 0 aromatic carbocycles. The maximum atomic E-state index is 11.1. The van der Waals surface area contributed by atoms with Crippen molar-refractivity contribution in [3.8, 4) is 0 Å². The molecular formula is C17H28N2O2. The van der Waals surface area contributed by atoms with Crippen LogP contribution in [0.2, 0.25) is 0 Å². The van der Waals surface area contributed by atoms with Crippen LogP contribution in [0.15, 0.2) is 12.3 Å². The summed E-state index contributed by atoms with van der Waals surface area (Å²) in [4.78, 5) is 0. The predicted molar refractivity (Wildman–Crippen MR) is 82.2 cm³/mol. The first-order chi connectivity index (χ1) is 9.71. The molecule has 2 fully saturated rings. The highest BCUT2D eigenvalue weighted by Gasteiger charge is 2.56. The zero-order valence-corrected chi connectivity index (χ0v) is 13.7. The largest absolute Gasteiger partial charge is 0.386 e. The molecule has 0 radical (unpaired) electrons. The van der Waals surface area contributed by atoms with Gasteiger partial charge in [-0.05, 0) is 46.6 Å². The van der Waals surface area contributed by atoms with Crippen LogP contribution in [0.1, 0.15) is 71.5 Å². The van der Waals surface area contributed by atoms with Gasteiger partial charge < -0.3 is 9.84 Å². The van der Waals surface area contributed by atoms with Crippen LogP contribution in [0.25, 0.3) is 0 Å². The Balaban J connectivity index is 1.76. The van der Waals surface area contributed by atoms with Crippen LogP contribution in [0.4, 0.5) is 0 Å². The Morgan fingerprint density at radius 3 is 2.52 bits per heavy atom. The Kier molecular flexibility index (Phi) is 3.45. The van der Waals surface area contributed by atoms with Gasteiger partial charge >= 0.3 is 0 Å². The summed E-state index contributed by atoms with van der Waals surface area (Å²) < 4.78 is 8.14. The van der Waals surface area contributed by atoms with Crippen LogP contribution < -0.4 is 0 Å². The molecule has 1 aromatic heterocycles. The number of hydrogen-bond acceptors (Lipinski definition) is 3. The van der Waals surface area contributed by atoms with Crippen LogP contribution in [0.5, 0.6) is 0 Å². The fourth-order valence-corrected chi connectivity index (χ4v) is 4.16. The van der Waals surface area contributed by atoms with E-state index in [0.29, 0.717) is 18.9 Å². The van der Waals surface area contributed by atoms with Crippen LogP contribution in [-0.4, -0.2) is 31.7 Å². The Labute approximate surface area is 127 Å². The molecule has 118 valence electrons. The Hall–Kier alpha value is -0.870. The lowest BCUT2D eigenvalue weighted by Crippen LogP contribution is -2.48. The highest BCUT2D eigenvalue weighted by Crippen LogP contribution is 2.46. The second-order valence-electron chi connectivity index (χ2n) is 7.98. The Morgan fingerprint density at radius 2 is 1.95 bits per heavy atom. The second-order valence-corrected chi connectivity index (χ2v) is 7.98. The standard InChI is InChI=1S/C17H28N2O2/c1-15(2)12-17(20,16(3,4)21-15)11-13-9-10-19(18-13)14-7-5-6-8-14/h9-10,14,20H,5-8,11-12H2,1-4H3. The van der Waals surface area contributed by atoms with Gasteiger partial charge in [0.1, 0.15) is 5.60 Å². The van der Waals surface area contributed by atoms with E-state index in [0.717, 1.165) is 5.69 Å². The first-order valence-electron chi connectivity index (χ1n) is 8.17. The van der Waals surface area contributed by atoms with E-state index < -0.39 is 11.2 Å². The smallest absolute Gasteiger partial charge is 0.101 e. The third-order valence-corrected chi connectivity index (χ3v) is 5.21. The third-order valence-electron chi connectivity index (χ3n) is 5.21. The molecule has 1 aliphatic carbocycles. The van der Waals surface area contributed by atoms with Gasteiger partial charge in [0.2, 0.25) is 0 Å². The van der Waals surface area contributed by atoms with Crippen molar-refractivity contribution in [2.24, 2.45) is 0 Å². The van der Waals surface area contributed by atoms with E-state index in [1.807, 2.05) is 27.7 Å². The van der Waals surface area contributed by atoms with Crippen molar-refractivity contribution in [3.63, 3.8) is 0 Å². The minimum atomic E-state index is -0.856. The average Bonchev–Trinajstić information content (AvgIpc) is 2.97. The lowest BCUT2D eigenvalue weighted by atomic mass is 9.79. The molecule has 4 heteroatoms. The molecule has 0 amide bonds. The van der Waals surface area contributed by atoms with Gasteiger partial charge in [0.25, 0.3) is 0 Å². The van der Waals surface area contributed by atoms with Gasteiger partial charge in [-0.1, -0.05) is 12.8 Å². The zero-order chi connectivity index (χ0) is 15.3. The maximum absolute atomic E-state index is 11.1. The first-order valence-corrected chi connectivity index (χ1v) is 8.17. The van der Waals surface area contributed by atoms with Crippen molar-refractivity contribution in [2.45, 2.75) is 89.1 Å². The summed E-state index contributed by atoms with van der Waals surface area (Å²) in [6, 6.07) is 2.61. The van der Waals surface area contributed by atoms with E-state index in [1.165, 1.54) is 25.7 Å². The summed E-state index contributed by atoms with van der Waals surface area (Å²) in [6.45, 7) is 8.05. The topological polar surface area (TPSA) is 47.3 Å². The molecule has 1 aliphatic heterocycles. The fourth-order valence-electron chi connectivity index (χ4n) is 4.16. The number of aliphatic hydroxyl groups is 1. The van der Waals surface area contributed by atoms with E-state index >= 15 is 0 Å². The molecule has 2 heterocycles. The van der Waals surface area contributed by atoms with Gasteiger partial charge in [0, 0.05) is 19.0 Å². The minimum absolute atomic E-state index is 0.285. The van der Waals surface area contributed by atoms with Gasteiger partial charge in [-0.3, -0.25) is 4.68 Å². The minimum Gasteiger partial charge on any atom is -0.386 e. The summed E-state index contributed by atoms with van der Waals surface area (Å²) >= 11 is 0. The van der Waals surface area contributed by atoms with E-state index in [-0.39, 0.29) is 5.60 Å². The summed E-state index contributed by atoms with van der Waals surface area (Å²) in [7, 11) is 0. The molecule has 1 saturated heterocycles. The van der Waals surface area contributed by atoms with Crippen LogP contribution in [0.3, 0.4) is 0 Å². The van der Waals surface area contributed by atoms with E-state index in [4.69, 9.17) is 9.84 Å². The molecule has 1 aromatic rings. The van der Waals surface area contributed by atoms with E-state index in [2.05, 4.69) is 16.9 Å². The molecule has 1 unspecified atom stereocenters. The highest BCUT2D eigenvalue weighted by atomic mass is 16.5. The lowest BCUT2D eigenvalue weighted by molar-refractivity contribution is -0.126. The zero-order valence-electron chi connectivity index (χ0n) is 13.7. The first kappa shape index (κ1) is 15.0. The van der Waals surface area contributed by atoms with Gasteiger partial charge in [0.05, 0.1) is 22.9 Å². The molecule has 3 rings (SSSR count). The molecule has 1 N–H and O–H groups in total. The average molecular weight is 292 g/mol. The number of hydrogen-bond donors (Lipinski definition) is 1. The van der Waals surface area contributed by atoms with Gasteiger partial charge in [-0.2, -0.15) is 5.10 Å². The monoisotopic (exact) mass is 292 g/mol. The molecule has 1 atom stereocenters. The highest BCUT2D eigenvalue weighted by molar-refractivity contribution is 5.14. The van der Waals surface area contributed by atoms with Crippen molar-refractivity contribution in [1.82, 2.24) is 9.78 Å². The van der Waals surface area contributed by atoms with Crippen LogP contribution in [0, 0.1) is 0 Å². The van der Waals surface area contributed by atoms with Crippen molar-refractivity contribution in [2.75, 3.05) is 0 Å². The van der Waals surface area contributed by atoms with Crippen molar-refractivity contribution < 1.29 is 9.84 Å². The van der Waals surface area contributed by atoms with Gasteiger partial charge in [0.15, 0.2) is 0 Å². The van der Waals surface area contributed by atoms with Gasteiger partial charge in [-0.25, -0.2) is 0 Å². The lowest BCUT2D eigenvalue weighted by Gasteiger charge is -2.34.